The van der Waals surface area contributed by atoms with Gasteiger partial charge in [0.15, 0.2) is 0 Å². The van der Waals surface area contributed by atoms with Crippen molar-refractivity contribution >= 4 is 0 Å². The largest absolute Gasteiger partial charge is 0.573 e. The Kier molecular flexibility index (Phi) is 7.18. The van der Waals surface area contributed by atoms with Crippen molar-refractivity contribution < 1.29 is 17.9 Å². The smallest absolute Gasteiger partial charge is 0.406 e. The summed E-state index contributed by atoms with van der Waals surface area (Å²) in [6.45, 7) is 3.70. The van der Waals surface area contributed by atoms with E-state index in [1.807, 2.05) is 12.2 Å². The van der Waals surface area contributed by atoms with E-state index in [1.54, 1.807) is 12.1 Å². The predicted octanol–water partition coefficient (Wildman–Crippen LogP) is 8.05. The Hall–Kier alpha value is -2.49. The van der Waals surface area contributed by atoms with Gasteiger partial charge in [0, 0.05) is 0 Å². The minimum Gasteiger partial charge on any atom is -0.406 e. The Labute approximate surface area is 170 Å². The number of alkyl halides is 3. The summed E-state index contributed by atoms with van der Waals surface area (Å²) in [5.74, 6) is 1.22. The molecule has 3 rings (SSSR count). The van der Waals surface area contributed by atoms with E-state index in [0.29, 0.717) is 5.92 Å². The standard InChI is InChI=1S/C25H27F3O/c1-2-3-4-5-6-19-7-9-20(10-8-19)21-11-13-22(14-12-21)23-15-17-24(18-16-23)29-25(26,27)28/h2-4,11-20H,1,5-10H2/b4-3+. The Morgan fingerprint density at radius 2 is 1.48 bits per heavy atom. The van der Waals surface area contributed by atoms with E-state index in [2.05, 4.69) is 41.7 Å². The fraction of sp³-hybridized carbons (Fsp3) is 0.360. The molecule has 0 aromatic heterocycles. The van der Waals surface area contributed by atoms with Crippen molar-refractivity contribution in [2.24, 2.45) is 5.92 Å². The highest BCUT2D eigenvalue weighted by molar-refractivity contribution is 5.64. The van der Waals surface area contributed by atoms with Crippen molar-refractivity contribution in [3.63, 3.8) is 0 Å². The van der Waals surface area contributed by atoms with Gasteiger partial charge >= 0.3 is 6.36 Å². The first-order valence-corrected chi connectivity index (χ1v) is 10.2. The molecule has 4 heteroatoms. The zero-order chi connectivity index (χ0) is 20.7. The van der Waals surface area contributed by atoms with Gasteiger partial charge in [-0.05, 0) is 79.2 Å². The van der Waals surface area contributed by atoms with E-state index in [1.165, 1.54) is 49.8 Å². The van der Waals surface area contributed by atoms with Gasteiger partial charge < -0.3 is 4.74 Å². The molecule has 1 fully saturated rings. The molecule has 2 aromatic rings. The molecule has 0 heterocycles. The zero-order valence-electron chi connectivity index (χ0n) is 16.5. The van der Waals surface area contributed by atoms with Crippen molar-refractivity contribution in [3.05, 3.63) is 78.9 Å². The molecule has 0 atom stereocenters. The molecule has 0 amide bonds. The van der Waals surface area contributed by atoms with Gasteiger partial charge in [0.1, 0.15) is 5.75 Å². The SMILES string of the molecule is C=C/C=C/CCC1CCC(c2ccc(-c3ccc(OC(F)(F)F)cc3)cc2)CC1. The van der Waals surface area contributed by atoms with Crippen molar-refractivity contribution in [3.8, 4) is 16.9 Å². The molecule has 0 bridgehead atoms. The van der Waals surface area contributed by atoms with E-state index >= 15 is 0 Å². The van der Waals surface area contributed by atoms with Crippen LogP contribution in [0, 0.1) is 5.92 Å². The number of allylic oxidation sites excluding steroid dienone is 3. The van der Waals surface area contributed by atoms with Crippen molar-refractivity contribution in [1.82, 2.24) is 0 Å². The van der Waals surface area contributed by atoms with Crippen LogP contribution in [0.1, 0.15) is 50.0 Å². The molecule has 1 aliphatic carbocycles. The second-order valence-electron chi connectivity index (χ2n) is 7.65. The number of benzene rings is 2. The summed E-state index contributed by atoms with van der Waals surface area (Å²) < 4.78 is 40.7. The van der Waals surface area contributed by atoms with E-state index < -0.39 is 6.36 Å². The molecule has 0 N–H and O–H groups in total. The fourth-order valence-corrected chi connectivity index (χ4v) is 4.11. The molecule has 29 heavy (non-hydrogen) atoms. The number of hydrogen-bond acceptors (Lipinski definition) is 1. The summed E-state index contributed by atoms with van der Waals surface area (Å²) in [7, 11) is 0. The predicted molar refractivity (Wildman–Crippen MR) is 112 cm³/mol. The van der Waals surface area contributed by atoms with Crippen LogP contribution in [0.4, 0.5) is 13.2 Å². The average molecular weight is 400 g/mol. The lowest BCUT2D eigenvalue weighted by atomic mass is 9.77. The molecule has 0 radical (unpaired) electrons. The minimum absolute atomic E-state index is 0.199. The summed E-state index contributed by atoms with van der Waals surface area (Å²) in [4.78, 5) is 0. The van der Waals surface area contributed by atoms with Gasteiger partial charge in [0.2, 0.25) is 0 Å². The number of halogens is 3. The molecule has 0 saturated heterocycles. The van der Waals surface area contributed by atoms with Crippen LogP contribution in [-0.4, -0.2) is 6.36 Å². The molecular weight excluding hydrogens is 373 g/mol. The van der Waals surface area contributed by atoms with E-state index in [-0.39, 0.29) is 5.75 Å². The molecule has 1 saturated carbocycles. The minimum atomic E-state index is -4.66. The van der Waals surface area contributed by atoms with Crippen molar-refractivity contribution in [2.75, 3.05) is 0 Å². The van der Waals surface area contributed by atoms with Gasteiger partial charge in [-0.15, -0.1) is 13.2 Å². The second kappa shape index (κ2) is 9.82. The fourth-order valence-electron chi connectivity index (χ4n) is 4.11. The third-order valence-corrected chi connectivity index (χ3v) is 5.66. The lowest BCUT2D eigenvalue weighted by Gasteiger charge is -2.28. The van der Waals surface area contributed by atoms with Gasteiger partial charge in [-0.1, -0.05) is 61.2 Å². The van der Waals surface area contributed by atoms with Crippen LogP contribution in [-0.2, 0) is 0 Å². The molecule has 0 spiro atoms. The highest BCUT2D eigenvalue weighted by Gasteiger charge is 2.31. The summed E-state index contributed by atoms with van der Waals surface area (Å²) in [5.41, 5.74) is 3.23. The van der Waals surface area contributed by atoms with E-state index in [4.69, 9.17) is 0 Å². The molecule has 0 aliphatic heterocycles. The van der Waals surface area contributed by atoms with Crippen LogP contribution in [0.15, 0.2) is 73.3 Å². The highest BCUT2D eigenvalue weighted by Crippen LogP contribution is 2.38. The monoisotopic (exact) mass is 400 g/mol. The third-order valence-electron chi connectivity index (χ3n) is 5.66. The van der Waals surface area contributed by atoms with Crippen LogP contribution in [0.3, 0.4) is 0 Å². The maximum absolute atomic E-state index is 12.3. The average Bonchev–Trinajstić information content (AvgIpc) is 2.71. The van der Waals surface area contributed by atoms with Crippen LogP contribution in [0.5, 0.6) is 5.75 Å². The van der Waals surface area contributed by atoms with Gasteiger partial charge in [-0.3, -0.25) is 0 Å². The first kappa shape index (κ1) is 21.2. The van der Waals surface area contributed by atoms with Gasteiger partial charge in [-0.2, -0.15) is 0 Å². The van der Waals surface area contributed by atoms with E-state index in [0.717, 1.165) is 23.5 Å². The Morgan fingerprint density at radius 1 is 0.897 bits per heavy atom. The van der Waals surface area contributed by atoms with Gasteiger partial charge in [0.05, 0.1) is 0 Å². The summed E-state index contributed by atoms with van der Waals surface area (Å²) in [6, 6.07) is 14.4. The summed E-state index contributed by atoms with van der Waals surface area (Å²) in [6.07, 6.45) is 8.74. The molecular formula is C25H27F3O. The Bertz CT molecular complexity index is 795. The Balaban J connectivity index is 1.54. The topological polar surface area (TPSA) is 9.23 Å². The highest BCUT2D eigenvalue weighted by atomic mass is 19.4. The lowest BCUT2D eigenvalue weighted by molar-refractivity contribution is -0.274. The van der Waals surface area contributed by atoms with Crippen molar-refractivity contribution in [1.29, 1.82) is 0 Å². The lowest BCUT2D eigenvalue weighted by Crippen LogP contribution is -2.16. The quantitative estimate of drug-likeness (QED) is 0.427. The molecule has 154 valence electrons. The zero-order valence-corrected chi connectivity index (χ0v) is 16.5. The summed E-state index contributed by atoms with van der Waals surface area (Å²) >= 11 is 0. The van der Waals surface area contributed by atoms with Gasteiger partial charge in [-0.25, -0.2) is 0 Å². The molecule has 0 unspecified atom stereocenters. The molecule has 1 nitrogen and oxygen atoms in total. The number of rotatable bonds is 7. The first-order valence-electron chi connectivity index (χ1n) is 10.2. The number of hydrogen-bond donors (Lipinski definition) is 0. The second-order valence-corrected chi connectivity index (χ2v) is 7.65. The van der Waals surface area contributed by atoms with Crippen molar-refractivity contribution in [2.45, 2.75) is 50.8 Å². The number of ether oxygens (including phenoxy) is 1. The maximum Gasteiger partial charge on any atom is 0.573 e. The van der Waals surface area contributed by atoms with Crippen LogP contribution in [0.25, 0.3) is 11.1 Å². The van der Waals surface area contributed by atoms with Gasteiger partial charge in [0.25, 0.3) is 0 Å². The van der Waals surface area contributed by atoms with Crippen LogP contribution >= 0.6 is 0 Å². The molecule has 2 aromatic carbocycles. The van der Waals surface area contributed by atoms with E-state index in [9.17, 15) is 13.2 Å². The van der Waals surface area contributed by atoms with Crippen LogP contribution in [0.2, 0.25) is 0 Å². The molecule has 1 aliphatic rings. The summed E-state index contributed by atoms with van der Waals surface area (Å²) in [5, 5.41) is 0. The first-order chi connectivity index (χ1) is 13.9. The normalized spacial score (nSPS) is 20.0. The maximum atomic E-state index is 12.3. The third kappa shape index (κ3) is 6.52. The van der Waals surface area contributed by atoms with Crippen LogP contribution < -0.4 is 4.74 Å². The Morgan fingerprint density at radius 3 is 2.03 bits per heavy atom.